The first-order valence-corrected chi connectivity index (χ1v) is 6.34. The highest BCUT2D eigenvalue weighted by atomic mass is 19.4. The predicted octanol–water partition coefficient (Wildman–Crippen LogP) is 3.50. The maximum Gasteiger partial charge on any atom is 0.418 e. The molecule has 108 valence electrons. The maximum absolute atomic E-state index is 12.7. The number of benzene rings is 1. The second-order valence-electron chi connectivity index (χ2n) is 4.69. The van der Waals surface area contributed by atoms with Crippen molar-refractivity contribution in [2.45, 2.75) is 25.4 Å². The van der Waals surface area contributed by atoms with Gasteiger partial charge in [-0.3, -0.25) is 15.6 Å². The molecule has 1 aromatic carbocycles. The summed E-state index contributed by atoms with van der Waals surface area (Å²) in [4.78, 5) is 11.6. The van der Waals surface area contributed by atoms with Crippen molar-refractivity contribution in [3.05, 3.63) is 42.0 Å². The molecule has 0 heterocycles. The Kier molecular flexibility index (Phi) is 4.32. The van der Waals surface area contributed by atoms with Gasteiger partial charge in [0.25, 0.3) is 0 Å². The monoisotopic (exact) mass is 284 g/mol. The number of carbonyl (C=O) groups excluding carboxylic acids is 1. The Balaban J connectivity index is 1.93. The van der Waals surface area contributed by atoms with Crippen LogP contribution in [0.3, 0.4) is 0 Å². The molecule has 20 heavy (non-hydrogen) atoms. The van der Waals surface area contributed by atoms with Gasteiger partial charge in [0.2, 0.25) is 5.91 Å². The second kappa shape index (κ2) is 5.98. The zero-order chi connectivity index (χ0) is 14.6. The smallest absolute Gasteiger partial charge is 0.298 e. The van der Waals surface area contributed by atoms with Gasteiger partial charge < -0.3 is 0 Å². The van der Waals surface area contributed by atoms with Gasteiger partial charge >= 0.3 is 6.18 Å². The molecule has 0 saturated carbocycles. The SMILES string of the molecule is O=C(CC1C=CCC1)NNc1ccccc1C(F)(F)F. The lowest BCUT2D eigenvalue weighted by Gasteiger charge is -2.15. The van der Waals surface area contributed by atoms with Crippen molar-refractivity contribution in [2.24, 2.45) is 5.92 Å². The van der Waals surface area contributed by atoms with E-state index in [4.69, 9.17) is 0 Å². The van der Waals surface area contributed by atoms with Gasteiger partial charge in [0.15, 0.2) is 0 Å². The first kappa shape index (κ1) is 14.4. The van der Waals surface area contributed by atoms with Crippen LogP contribution in [0, 0.1) is 5.92 Å². The van der Waals surface area contributed by atoms with Gasteiger partial charge in [0.05, 0.1) is 11.3 Å². The number of anilines is 1. The number of hydrogen-bond acceptors (Lipinski definition) is 2. The zero-order valence-corrected chi connectivity index (χ0v) is 10.7. The summed E-state index contributed by atoms with van der Waals surface area (Å²) in [6, 6.07) is 5.02. The number of para-hydroxylation sites is 1. The van der Waals surface area contributed by atoms with Crippen LogP contribution in [0.2, 0.25) is 0 Å². The number of amides is 1. The third-order valence-electron chi connectivity index (χ3n) is 3.13. The van der Waals surface area contributed by atoms with Crippen LogP contribution in [0.15, 0.2) is 36.4 Å². The quantitative estimate of drug-likeness (QED) is 0.656. The van der Waals surface area contributed by atoms with Gasteiger partial charge in [-0.25, -0.2) is 0 Å². The molecule has 1 atom stereocenters. The summed E-state index contributed by atoms with van der Waals surface area (Å²) in [5.74, 6) is -0.145. The summed E-state index contributed by atoms with van der Waals surface area (Å²) >= 11 is 0. The van der Waals surface area contributed by atoms with Crippen LogP contribution in [0.25, 0.3) is 0 Å². The molecule has 0 radical (unpaired) electrons. The molecule has 1 aromatic rings. The summed E-state index contributed by atoms with van der Waals surface area (Å²) in [5, 5.41) is 0. The molecule has 3 nitrogen and oxygen atoms in total. The number of carbonyl (C=O) groups is 1. The number of nitrogens with one attached hydrogen (secondary N) is 2. The molecule has 2 N–H and O–H groups in total. The van der Waals surface area contributed by atoms with E-state index in [9.17, 15) is 18.0 Å². The van der Waals surface area contributed by atoms with Gasteiger partial charge in [0, 0.05) is 6.42 Å². The van der Waals surface area contributed by atoms with Gasteiger partial charge in [-0.1, -0.05) is 24.3 Å². The first-order valence-electron chi connectivity index (χ1n) is 6.34. The minimum atomic E-state index is -4.46. The van der Waals surface area contributed by atoms with Crippen LogP contribution in [0.5, 0.6) is 0 Å². The summed E-state index contributed by atoms with van der Waals surface area (Å²) < 4.78 is 38.2. The number of hydrogen-bond donors (Lipinski definition) is 2. The van der Waals surface area contributed by atoms with Crippen molar-refractivity contribution in [1.29, 1.82) is 0 Å². The Bertz CT molecular complexity index is 511. The standard InChI is InChI=1S/C14H15F3N2O/c15-14(16,17)11-7-3-4-8-12(11)18-19-13(20)9-10-5-1-2-6-10/h1,3-5,7-8,10,18H,2,6,9H2,(H,19,20). The maximum atomic E-state index is 12.7. The highest BCUT2D eigenvalue weighted by molar-refractivity contribution is 5.78. The van der Waals surface area contributed by atoms with Crippen molar-refractivity contribution < 1.29 is 18.0 Å². The van der Waals surface area contributed by atoms with E-state index in [0.717, 1.165) is 18.9 Å². The molecule has 0 fully saturated rings. The molecule has 6 heteroatoms. The lowest BCUT2D eigenvalue weighted by molar-refractivity contribution is -0.137. The molecule has 0 bridgehead atoms. The van der Waals surface area contributed by atoms with Crippen LogP contribution in [0.1, 0.15) is 24.8 Å². The molecule has 2 rings (SSSR count). The van der Waals surface area contributed by atoms with E-state index in [2.05, 4.69) is 10.9 Å². The number of halogens is 3. The number of alkyl halides is 3. The lowest BCUT2D eigenvalue weighted by atomic mass is 10.1. The van der Waals surface area contributed by atoms with E-state index in [0.29, 0.717) is 0 Å². The van der Waals surface area contributed by atoms with Crippen LogP contribution in [-0.2, 0) is 11.0 Å². The Labute approximate surface area is 114 Å². The Morgan fingerprint density at radius 1 is 1.30 bits per heavy atom. The van der Waals surface area contributed by atoms with Gasteiger partial charge in [-0.2, -0.15) is 13.2 Å². The number of hydrazine groups is 1. The van der Waals surface area contributed by atoms with E-state index in [-0.39, 0.29) is 23.9 Å². The molecular formula is C14H15F3N2O. The first-order chi connectivity index (χ1) is 9.47. The average Bonchev–Trinajstić information content (AvgIpc) is 2.88. The molecule has 0 aromatic heterocycles. The Morgan fingerprint density at radius 2 is 2.05 bits per heavy atom. The van der Waals surface area contributed by atoms with E-state index < -0.39 is 11.7 Å². The fourth-order valence-electron chi connectivity index (χ4n) is 2.13. The molecule has 1 aliphatic carbocycles. The topological polar surface area (TPSA) is 41.1 Å². The zero-order valence-electron chi connectivity index (χ0n) is 10.7. The van der Waals surface area contributed by atoms with Gasteiger partial charge in [-0.05, 0) is 30.9 Å². The van der Waals surface area contributed by atoms with Gasteiger partial charge in [0.1, 0.15) is 0 Å². The van der Waals surface area contributed by atoms with E-state index in [1.807, 2.05) is 12.2 Å². The van der Waals surface area contributed by atoms with Crippen LogP contribution in [0.4, 0.5) is 18.9 Å². The molecule has 0 aliphatic heterocycles. The molecule has 1 amide bonds. The van der Waals surface area contributed by atoms with Crippen molar-refractivity contribution >= 4 is 11.6 Å². The highest BCUT2D eigenvalue weighted by Crippen LogP contribution is 2.34. The third kappa shape index (κ3) is 3.76. The third-order valence-corrected chi connectivity index (χ3v) is 3.13. The fourth-order valence-corrected chi connectivity index (χ4v) is 2.13. The number of allylic oxidation sites excluding steroid dienone is 2. The van der Waals surface area contributed by atoms with Crippen LogP contribution >= 0.6 is 0 Å². The van der Waals surface area contributed by atoms with E-state index in [1.165, 1.54) is 18.2 Å². The largest absolute Gasteiger partial charge is 0.418 e. The minimum absolute atomic E-state index is 0.157. The summed E-state index contributed by atoms with van der Waals surface area (Å²) in [6.45, 7) is 0. The molecule has 1 unspecified atom stereocenters. The minimum Gasteiger partial charge on any atom is -0.298 e. The molecular weight excluding hydrogens is 269 g/mol. The van der Waals surface area contributed by atoms with Crippen LogP contribution < -0.4 is 10.9 Å². The highest BCUT2D eigenvalue weighted by Gasteiger charge is 2.33. The Hall–Kier alpha value is -1.98. The van der Waals surface area contributed by atoms with E-state index >= 15 is 0 Å². The molecule has 1 aliphatic rings. The molecule has 0 spiro atoms. The van der Waals surface area contributed by atoms with Crippen molar-refractivity contribution in [3.8, 4) is 0 Å². The fraction of sp³-hybridized carbons (Fsp3) is 0.357. The second-order valence-corrected chi connectivity index (χ2v) is 4.69. The average molecular weight is 284 g/mol. The van der Waals surface area contributed by atoms with E-state index in [1.54, 1.807) is 0 Å². The lowest BCUT2D eigenvalue weighted by Crippen LogP contribution is -2.31. The Morgan fingerprint density at radius 3 is 2.70 bits per heavy atom. The van der Waals surface area contributed by atoms with Gasteiger partial charge in [-0.15, -0.1) is 0 Å². The summed E-state index contributed by atoms with van der Waals surface area (Å²) in [5.41, 5.74) is 3.70. The summed E-state index contributed by atoms with van der Waals surface area (Å²) in [6.07, 6.45) is 1.64. The van der Waals surface area contributed by atoms with Crippen molar-refractivity contribution in [2.75, 3.05) is 5.43 Å². The predicted molar refractivity (Wildman–Crippen MR) is 69.7 cm³/mol. The van der Waals surface area contributed by atoms with Crippen molar-refractivity contribution in [3.63, 3.8) is 0 Å². The normalized spacial score (nSPS) is 18.1. The summed E-state index contributed by atoms with van der Waals surface area (Å²) in [7, 11) is 0. The molecule has 0 saturated heterocycles. The van der Waals surface area contributed by atoms with Crippen molar-refractivity contribution in [1.82, 2.24) is 5.43 Å². The van der Waals surface area contributed by atoms with Crippen LogP contribution in [-0.4, -0.2) is 5.91 Å². The number of rotatable bonds is 4.